The number of carbonyl (C=O) groups is 1. The van der Waals surface area contributed by atoms with Crippen molar-refractivity contribution in [3.8, 4) is 11.3 Å². The molecule has 148 valence electrons. The maximum absolute atomic E-state index is 13.1. The Morgan fingerprint density at radius 2 is 1.86 bits per heavy atom. The highest BCUT2D eigenvalue weighted by molar-refractivity contribution is 5.79. The van der Waals surface area contributed by atoms with Gasteiger partial charge in [-0.05, 0) is 58.8 Å². The molecule has 28 heavy (non-hydrogen) atoms. The van der Waals surface area contributed by atoms with Crippen molar-refractivity contribution in [3.05, 3.63) is 47.9 Å². The molecule has 3 heterocycles. The fourth-order valence-electron chi connectivity index (χ4n) is 4.58. The average Bonchev–Trinajstić information content (AvgIpc) is 2.74. The van der Waals surface area contributed by atoms with Gasteiger partial charge in [0.2, 0.25) is 5.91 Å². The molecule has 1 amide bonds. The Bertz CT molecular complexity index is 829. The second-order valence-electron chi connectivity index (χ2n) is 8.36. The van der Waals surface area contributed by atoms with E-state index in [9.17, 15) is 4.79 Å². The van der Waals surface area contributed by atoms with Crippen molar-refractivity contribution in [2.75, 3.05) is 33.2 Å². The van der Waals surface area contributed by atoms with Crippen LogP contribution in [-0.4, -0.2) is 58.9 Å². The van der Waals surface area contributed by atoms with E-state index in [4.69, 9.17) is 4.98 Å². The molecule has 2 aliphatic rings. The number of rotatable bonds is 3. The zero-order valence-electron chi connectivity index (χ0n) is 17.0. The second-order valence-corrected chi connectivity index (χ2v) is 8.36. The molecule has 5 heteroatoms. The Morgan fingerprint density at radius 3 is 2.64 bits per heavy atom. The molecular weight excluding hydrogens is 348 g/mol. The van der Waals surface area contributed by atoms with Crippen LogP contribution < -0.4 is 0 Å². The molecule has 1 aromatic carbocycles. The van der Waals surface area contributed by atoms with E-state index >= 15 is 0 Å². The summed E-state index contributed by atoms with van der Waals surface area (Å²) in [6, 6.07) is 8.44. The molecule has 1 atom stereocenters. The SMILES string of the molecule is Cc1cccc(-c2nccnc2C2CCCN(C(=O)C3CCN(C)CC3)C2)c1. The van der Waals surface area contributed by atoms with E-state index in [0.29, 0.717) is 5.91 Å². The lowest BCUT2D eigenvalue weighted by molar-refractivity contribution is -0.138. The molecule has 0 N–H and O–H groups in total. The topological polar surface area (TPSA) is 49.3 Å². The number of piperidine rings is 2. The number of hydrogen-bond acceptors (Lipinski definition) is 4. The van der Waals surface area contributed by atoms with Crippen LogP contribution in [0.1, 0.15) is 42.9 Å². The quantitative estimate of drug-likeness (QED) is 0.820. The molecule has 2 saturated heterocycles. The van der Waals surface area contributed by atoms with Crippen LogP contribution in [0.3, 0.4) is 0 Å². The molecule has 1 aromatic heterocycles. The minimum atomic E-state index is 0.188. The van der Waals surface area contributed by atoms with Gasteiger partial charge in [0.15, 0.2) is 0 Å². The zero-order valence-corrected chi connectivity index (χ0v) is 17.0. The first-order valence-electron chi connectivity index (χ1n) is 10.5. The maximum Gasteiger partial charge on any atom is 0.225 e. The molecule has 0 aliphatic carbocycles. The average molecular weight is 379 g/mol. The summed E-state index contributed by atoms with van der Waals surface area (Å²) in [5.41, 5.74) is 4.33. The molecule has 5 nitrogen and oxygen atoms in total. The fraction of sp³-hybridized carbons (Fsp3) is 0.522. The molecule has 0 spiro atoms. The number of nitrogens with zero attached hydrogens (tertiary/aromatic N) is 4. The molecule has 4 rings (SSSR count). The Hall–Kier alpha value is -2.27. The first-order valence-corrected chi connectivity index (χ1v) is 10.5. The summed E-state index contributed by atoms with van der Waals surface area (Å²) >= 11 is 0. The summed E-state index contributed by atoms with van der Waals surface area (Å²) in [6.45, 7) is 5.79. The number of aromatic nitrogens is 2. The largest absolute Gasteiger partial charge is 0.342 e. The van der Waals surface area contributed by atoms with E-state index < -0.39 is 0 Å². The van der Waals surface area contributed by atoms with Crippen molar-refractivity contribution in [2.45, 2.75) is 38.5 Å². The van der Waals surface area contributed by atoms with Gasteiger partial charge in [0.1, 0.15) is 0 Å². The number of hydrogen-bond donors (Lipinski definition) is 0. The van der Waals surface area contributed by atoms with Crippen LogP contribution in [0, 0.1) is 12.8 Å². The number of amides is 1. The van der Waals surface area contributed by atoms with Crippen LogP contribution in [0.4, 0.5) is 0 Å². The molecule has 0 saturated carbocycles. The van der Waals surface area contributed by atoms with Crippen molar-refractivity contribution < 1.29 is 4.79 Å². The fourth-order valence-corrected chi connectivity index (χ4v) is 4.58. The summed E-state index contributed by atoms with van der Waals surface area (Å²) in [6.07, 6.45) is 7.62. The van der Waals surface area contributed by atoms with E-state index in [1.807, 2.05) is 0 Å². The Kier molecular flexibility index (Phi) is 5.72. The van der Waals surface area contributed by atoms with Gasteiger partial charge < -0.3 is 9.80 Å². The molecule has 0 bridgehead atoms. The van der Waals surface area contributed by atoms with Gasteiger partial charge in [-0.3, -0.25) is 14.8 Å². The highest BCUT2D eigenvalue weighted by Crippen LogP contribution is 2.33. The third-order valence-electron chi connectivity index (χ3n) is 6.21. The van der Waals surface area contributed by atoms with Crippen molar-refractivity contribution in [1.29, 1.82) is 0 Å². The van der Waals surface area contributed by atoms with Crippen LogP contribution >= 0.6 is 0 Å². The number of likely N-dealkylation sites (tertiary alicyclic amines) is 2. The minimum Gasteiger partial charge on any atom is -0.342 e. The number of carbonyl (C=O) groups excluding carboxylic acids is 1. The highest BCUT2D eigenvalue weighted by atomic mass is 16.2. The predicted octanol–water partition coefficient (Wildman–Crippen LogP) is 3.50. The highest BCUT2D eigenvalue weighted by Gasteiger charge is 2.32. The van der Waals surface area contributed by atoms with Gasteiger partial charge in [-0.25, -0.2) is 0 Å². The van der Waals surface area contributed by atoms with Gasteiger partial charge in [0.25, 0.3) is 0 Å². The molecule has 2 fully saturated rings. The summed E-state index contributed by atoms with van der Waals surface area (Å²) in [5.74, 6) is 0.792. The zero-order chi connectivity index (χ0) is 19.5. The minimum absolute atomic E-state index is 0.188. The third kappa shape index (κ3) is 4.09. The molecular formula is C23H30N4O. The van der Waals surface area contributed by atoms with E-state index in [0.717, 1.165) is 68.8 Å². The number of aryl methyl sites for hydroxylation is 1. The van der Waals surface area contributed by atoms with Crippen LogP contribution in [0.15, 0.2) is 36.7 Å². The molecule has 0 radical (unpaired) electrons. The third-order valence-corrected chi connectivity index (χ3v) is 6.21. The van der Waals surface area contributed by atoms with Crippen LogP contribution in [-0.2, 0) is 4.79 Å². The predicted molar refractivity (Wildman–Crippen MR) is 111 cm³/mol. The van der Waals surface area contributed by atoms with Crippen molar-refractivity contribution in [3.63, 3.8) is 0 Å². The maximum atomic E-state index is 13.1. The standard InChI is InChI=1S/C23H30N4O/c1-17-5-3-6-19(15-17)21-22(25-11-10-24-21)20-7-4-12-27(16-20)23(28)18-8-13-26(2)14-9-18/h3,5-6,10-11,15,18,20H,4,7-9,12-14,16H2,1-2H3. The van der Waals surface area contributed by atoms with Crippen molar-refractivity contribution in [2.24, 2.45) is 5.92 Å². The van der Waals surface area contributed by atoms with E-state index in [1.54, 1.807) is 12.4 Å². The van der Waals surface area contributed by atoms with Crippen LogP contribution in [0.25, 0.3) is 11.3 Å². The van der Waals surface area contributed by atoms with Gasteiger partial charge in [0, 0.05) is 42.9 Å². The van der Waals surface area contributed by atoms with Crippen LogP contribution in [0.5, 0.6) is 0 Å². The summed E-state index contributed by atoms with van der Waals surface area (Å²) in [7, 11) is 2.14. The first-order chi connectivity index (χ1) is 13.6. The van der Waals surface area contributed by atoms with E-state index in [2.05, 4.69) is 53.0 Å². The van der Waals surface area contributed by atoms with Gasteiger partial charge >= 0.3 is 0 Å². The van der Waals surface area contributed by atoms with E-state index in [1.165, 1.54) is 5.56 Å². The Labute approximate surface area is 167 Å². The normalized spacial score (nSPS) is 21.6. The molecule has 1 unspecified atom stereocenters. The van der Waals surface area contributed by atoms with Crippen molar-refractivity contribution >= 4 is 5.91 Å². The summed E-state index contributed by atoms with van der Waals surface area (Å²) in [4.78, 5) is 26.9. The summed E-state index contributed by atoms with van der Waals surface area (Å²) in [5, 5.41) is 0. The van der Waals surface area contributed by atoms with E-state index in [-0.39, 0.29) is 11.8 Å². The molecule has 2 aromatic rings. The lowest BCUT2D eigenvalue weighted by Gasteiger charge is -2.37. The van der Waals surface area contributed by atoms with Gasteiger partial charge in [-0.15, -0.1) is 0 Å². The van der Waals surface area contributed by atoms with Crippen LogP contribution in [0.2, 0.25) is 0 Å². The van der Waals surface area contributed by atoms with Gasteiger partial charge in [0.05, 0.1) is 11.4 Å². The monoisotopic (exact) mass is 378 g/mol. The lowest BCUT2D eigenvalue weighted by Crippen LogP contribution is -2.45. The second kappa shape index (κ2) is 8.39. The Balaban J connectivity index is 1.53. The summed E-state index contributed by atoms with van der Waals surface area (Å²) < 4.78 is 0. The van der Waals surface area contributed by atoms with Crippen molar-refractivity contribution in [1.82, 2.24) is 19.8 Å². The first kappa shape index (κ1) is 19.1. The Morgan fingerprint density at radius 1 is 1.07 bits per heavy atom. The van der Waals surface area contributed by atoms with Gasteiger partial charge in [-0.1, -0.05) is 23.8 Å². The number of benzene rings is 1. The lowest BCUT2D eigenvalue weighted by atomic mass is 9.89. The van der Waals surface area contributed by atoms with Gasteiger partial charge in [-0.2, -0.15) is 0 Å². The smallest absolute Gasteiger partial charge is 0.225 e. The molecule has 2 aliphatic heterocycles.